The highest BCUT2D eigenvalue weighted by atomic mass is 19.4. The first-order chi connectivity index (χ1) is 18.4. The van der Waals surface area contributed by atoms with Gasteiger partial charge in [-0.25, -0.2) is 13.2 Å². The Morgan fingerprint density at radius 3 is 1.85 bits per heavy atom. The summed E-state index contributed by atoms with van der Waals surface area (Å²) >= 11 is 0. The van der Waals surface area contributed by atoms with Crippen LogP contribution in [-0.4, -0.2) is 6.18 Å². The lowest BCUT2D eigenvalue weighted by Crippen LogP contribution is -2.26. The van der Waals surface area contributed by atoms with Gasteiger partial charge in [0.05, 0.1) is 5.56 Å². The minimum atomic E-state index is -4.82. The molecule has 2 aliphatic rings. The molecule has 0 N–H and O–H groups in total. The third-order valence-corrected chi connectivity index (χ3v) is 8.42. The predicted molar refractivity (Wildman–Crippen MR) is 133 cm³/mol. The standard InChI is InChI=1S/C30H32F8O/c1-2-18-3-5-19(6-4-18)20-7-9-21(10-8-20)22-11-12-25(28(33)15-22)30(37,38)39-23-16-26(31)24(27(32)17-23)13-14-29(34,35)36/h11-21H,2-10H2,1H3/b14-13+. The first-order valence-electron chi connectivity index (χ1n) is 13.5. The van der Waals surface area contributed by atoms with Crippen LogP contribution in [-0.2, 0) is 6.11 Å². The number of alkyl halides is 5. The Balaban J connectivity index is 1.40. The van der Waals surface area contributed by atoms with E-state index in [1.165, 1.54) is 38.2 Å². The van der Waals surface area contributed by atoms with E-state index in [2.05, 4.69) is 11.7 Å². The van der Waals surface area contributed by atoms with E-state index in [1.807, 2.05) is 0 Å². The lowest BCUT2D eigenvalue weighted by molar-refractivity contribution is -0.187. The van der Waals surface area contributed by atoms with Crippen LogP contribution in [0.1, 0.15) is 87.3 Å². The van der Waals surface area contributed by atoms with Crippen molar-refractivity contribution >= 4 is 6.08 Å². The van der Waals surface area contributed by atoms with Gasteiger partial charge in [-0.15, -0.1) is 0 Å². The summed E-state index contributed by atoms with van der Waals surface area (Å²) in [5, 5.41) is 0. The van der Waals surface area contributed by atoms with Gasteiger partial charge < -0.3 is 4.74 Å². The van der Waals surface area contributed by atoms with Crippen LogP contribution in [0.3, 0.4) is 0 Å². The Kier molecular flexibility index (Phi) is 8.96. The van der Waals surface area contributed by atoms with Crippen LogP contribution >= 0.6 is 0 Å². The second-order valence-electron chi connectivity index (χ2n) is 10.8. The fraction of sp³-hybridized carbons (Fsp3) is 0.533. The third kappa shape index (κ3) is 7.34. The summed E-state index contributed by atoms with van der Waals surface area (Å²) in [7, 11) is 0. The third-order valence-electron chi connectivity index (χ3n) is 8.42. The van der Waals surface area contributed by atoms with Crippen molar-refractivity contribution in [1.82, 2.24) is 0 Å². The highest BCUT2D eigenvalue weighted by Gasteiger charge is 2.39. The number of benzene rings is 2. The summed E-state index contributed by atoms with van der Waals surface area (Å²) in [4.78, 5) is 0. The summed E-state index contributed by atoms with van der Waals surface area (Å²) in [5.41, 5.74) is -1.55. The van der Waals surface area contributed by atoms with Crippen LogP contribution in [0.4, 0.5) is 35.1 Å². The maximum Gasteiger partial charge on any atom is 0.429 e. The van der Waals surface area contributed by atoms with Crippen LogP contribution in [0.25, 0.3) is 6.08 Å². The highest BCUT2D eigenvalue weighted by molar-refractivity contribution is 5.53. The largest absolute Gasteiger partial charge is 0.429 e. The second kappa shape index (κ2) is 11.9. The maximum atomic E-state index is 14.9. The van der Waals surface area contributed by atoms with Crippen LogP contribution in [0.15, 0.2) is 36.4 Å². The minimum Gasteiger partial charge on any atom is -0.429 e. The molecule has 2 fully saturated rings. The Morgan fingerprint density at radius 2 is 1.33 bits per heavy atom. The first-order valence-corrected chi connectivity index (χ1v) is 13.5. The number of rotatable bonds is 7. The molecule has 9 heteroatoms. The van der Waals surface area contributed by atoms with E-state index in [9.17, 15) is 35.1 Å². The average molecular weight is 561 g/mol. The summed E-state index contributed by atoms with van der Waals surface area (Å²) < 4.78 is 114. The summed E-state index contributed by atoms with van der Waals surface area (Å²) in [6.07, 6.45) is 0.743. The number of allylic oxidation sites excluding steroid dienone is 1. The lowest BCUT2D eigenvalue weighted by atomic mass is 9.68. The van der Waals surface area contributed by atoms with E-state index in [-0.39, 0.29) is 18.1 Å². The van der Waals surface area contributed by atoms with Gasteiger partial charge in [0.25, 0.3) is 0 Å². The summed E-state index contributed by atoms with van der Waals surface area (Å²) in [6, 6.07) is 4.06. The van der Waals surface area contributed by atoms with Crippen LogP contribution in [0.5, 0.6) is 5.75 Å². The van der Waals surface area contributed by atoms with E-state index in [1.54, 1.807) is 0 Å². The molecule has 0 atom stereocenters. The molecule has 0 heterocycles. The minimum absolute atomic E-state index is 0.0619. The summed E-state index contributed by atoms with van der Waals surface area (Å²) in [5.74, 6) is -3.00. The van der Waals surface area contributed by atoms with Gasteiger partial charge in [0.15, 0.2) is 0 Å². The molecule has 0 bridgehead atoms. The molecule has 0 aliphatic heterocycles. The summed E-state index contributed by atoms with van der Waals surface area (Å²) in [6.45, 7) is 2.24. The second-order valence-corrected chi connectivity index (χ2v) is 10.8. The number of hydrogen-bond donors (Lipinski definition) is 0. The van der Waals surface area contributed by atoms with E-state index in [0.717, 1.165) is 49.7 Å². The van der Waals surface area contributed by atoms with Gasteiger partial charge in [0, 0.05) is 23.8 Å². The van der Waals surface area contributed by atoms with Gasteiger partial charge in [0.2, 0.25) is 0 Å². The molecule has 0 aromatic heterocycles. The Hall–Kier alpha value is -2.58. The van der Waals surface area contributed by atoms with Crippen molar-refractivity contribution < 1.29 is 39.9 Å². The zero-order valence-electron chi connectivity index (χ0n) is 21.6. The van der Waals surface area contributed by atoms with E-state index in [0.29, 0.717) is 23.6 Å². The predicted octanol–water partition coefficient (Wildman–Crippen LogP) is 10.3. The van der Waals surface area contributed by atoms with E-state index < -0.39 is 46.6 Å². The van der Waals surface area contributed by atoms with Crippen molar-refractivity contribution in [1.29, 1.82) is 0 Å². The quantitative estimate of drug-likeness (QED) is 0.306. The van der Waals surface area contributed by atoms with Gasteiger partial charge >= 0.3 is 12.3 Å². The molecular weight excluding hydrogens is 528 g/mol. The fourth-order valence-corrected chi connectivity index (χ4v) is 6.17. The normalized spacial score (nSPS) is 24.7. The molecule has 0 unspecified atom stereocenters. The molecule has 214 valence electrons. The molecule has 2 saturated carbocycles. The maximum absolute atomic E-state index is 14.9. The highest BCUT2D eigenvalue weighted by Crippen LogP contribution is 2.45. The van der Waals surface area contributed by atoms with Gasteiger partial charge in [-0.3, -0.25) is 0 Å². The average Bonchev–Trinajstić information content (AvgIpc) is 2.87. The van der Waals surface area contributed by atoms with Crippen LogP contribution < -0.4 is 4.74 Å². The smallest absolute Gasteiger partial charge is 0.429 e. The van der Waals surface area contributed by atoms with E-state index in [4.69, 9.17) is 0 Å². The van der Waals surface area contributed by atoms with Crippen molar-refractivity contribution in [2.45, 2.75) is 82.9 Å². The van der Waals surface area contributed by atoms with Crippen molar-refractivity contribution in [3.63, 3.8) is 0 Å². The molecule has 2 aliphatic carbocycles. The van der Waals surface area contributed by atoms with Crippen molar-refractivity contribution in [2.24, 2.45) is 17.8 Å². The van der Waals surface area contributed by atoms with Crippen molar-refractivity contribution in [3.05, 3.63) is 70.5 Å². The number of halogens is 8. The molecule has 1 nitrogen and oxygen atoms in total. The molecule has 2 aromatic rings. The lowest BCUT2D eigenvalue weighted by Gasteiger charge is -2.38. The molecule has 0 saturated heterocycles. The van der Waals surface area contributed by atoms with Gasteiger partial charge in [-0.1, -0.05) is 32.3 Å². The molecule has 4 rings (SSSR count). The topological polar surface area (TPSA) is 9.23 Å². The zero-order valence-corrected chi connectivity index (χ0v) is 21.6. The fourth-order valence-electron chi connectivity index (χ4n) is 6.17. The SMILES string of the molecule is CCC1CCC(C2CCC(c3ccc(C(F)(F)Oc4cc(F)c(/C=C/C(F)(F)F)c(F)c4)c(F)c3)CC2)CC1. The first kappa shape index (κ1) is 29.4. The Morgan fingerprint density at radius 1 is 0.769 bits per heavy atom. The monoisotopic (exact) mass is 560 g/mol. The van der Waals surface area contributed by atoms with Gasteiger partial charge in [-0.05, 0) is 86.0 Å². The van der Waals surface area contributed by atoms with Crippen LogP contribution in [0.2, 0.25) is 0 Å². The van der Waals surface area contributed by atoms with Crippen molar-refractivity contribution in [2.75, 3.05) is 0 Å². The molecule has 0 amide bonds. The zero-order chi connectivity index (χ0) is 28.4. The molecule has 39 heavy (non-hydrogen) atoms. The molecule has 0 radical (unpaired) electrons. The van der Waals surface area contributed by atoms with Crippen LogP contribution in [0, 0.1) is 35.2 Å². The number of ether oxygens (including phenoxy) is 1. The molecule has 2 aromatic carbocycles. The Bertz CT molecular complexity index is 1130. The van der Waals surface area contributed by atoms with Gasteiger partial charge in [-0.2, -0.15) is 22.0 Å². The number of hydrogen-bond acceptors (Lipinski definition) is 1. The molecular formula is C30H32F8O. The van der Waals surface area contributed by atoms with Crippen molar-refractivity contribution in [3.8, 4) is 5.75 Å². The van der Waals surface area contributed by atoms with Gasteiger partial charge in [0.1, 0.15) is 23.2 Å². The Labute approximate surface area is 223 Å². The molecule has 0 spiro atoms. The van der Waals surface area contributed by atoms with E-state index >= 15 is 0 Å².